The van der Waals surface area contributed by atoms with E-state index >= 15 is 0 Å². The van der Waals surface area contributed by atoms with Crippen molar-refractivity contribution in [3.63, 3.8) is 0 Å². The Morgan fingerprint density at radius 3 is 2.42 bits per heavy atom. The van der Waals surface area contributed by atoms with Gasteiger partial charge in [-0.1, -0.05) is 19.1 Å². The molecule has 0 heterocycles. The molecule has 3 N–H and O–H groups in total. The molecule has 6 heteroatoms. The second-order valence-corrected chi connectivity index (χ2v) is 6.35. The summed E-state index contributed by atoms with van der Waals surface area (Å²) >= 11 is 0. The van der Waals surface area contributed by atoms with Crippen molar-refractivity contribution in [1.82, 2.24) is 4.72 Å². The van der Waals surface area contributed by atoms with E-state index in [1.54, 1.807) is 7.11 Å². The van der Waals surface area contributed by atoms with Crippen LogP contribution in [-0.4, -0.2) is 33.9 Å². The molecule has 0 aliphatic rings. The van der Waals surface area contributed by atoms with Gasteiger partial charge in [0.15, 0.2) is 0 Å². The number of nitrogens with one attached hydrogen (secondary N) is 1. The summed E-state index contributed by atoms with van der Waals surface area (Å²) in [6.45, 7) is 2.35. The van der Waals surface area contributed by atoms with Crippen LogP contribution in [0.15, 0.2) is 24.3 Å². The van der Waals surface area contributed by atoms with Crippen LogP contribution in [0.1, 0.15) is 18.9 Å². The lowest BCUT2D eigenvalue weighted by molar-refractivity contribution is 0.414. The first-order chi connectivity index (χ1) is 9.03. The van der Waals surface area contributed by atoms with E-state index in [1.807, 2.05) is 31.2 Å². The molecule has 1 unspecified atom stereocenters. The topological polar surface area (TPSA) is 81.4 Å². The first-order valence-electron chi connectivity index (χ1n) is 6.35. The van der Waals surface area contributed by atoms with Crippen molar-refractivity contribution in [1.29, 1.82) is 0 Å². The van der Waals surface area contributed by atoms with Crippen LogP contribution < -0.4 is 15.2 Å². The van der Waals surface area contributed by atoms with E-state index in [4.69, 9.17) is 10.5 Å². The molecule has 0 saturated carbocycles. The third-order valence-electron chi connectivity index (χ3n) is 3.03. The van der Waals surface area contributed by atoms with Gasteiger partial charge >= 0.3 is 0 Å². The molecule has 0 aromatic heterocycles. The van der Waals surface area contributed by atoms with Gasteiger partial charge in [0.1, 0.15) is 5.75 Å². The van der Waals surface area contributed by atoms with Crippen LogP contribution in [0, 0.1) is 0 Å². The Hall–Kier alpha value is -1.11. The fourth-order valence-corrected chi connectivity index (χ4v) is 3.07. The molecule has 0 spiro atoms. The Bertz CT molecular complexity index is 467. The molecule has 5 nitrogen and oxygen atoms in total. The Morgan fingerprint density at radius 1 is 1.32 bits per heavy atom. The predicted octanol–water partition coefficient (Wildman–Crippen LogP) is 0.894. The summed E-state index contributed by atoms with van der Waals surface area (Å²) in [6.07, 6.45) is 1.17. The molecule has 0 amide bonds. The molecule has 1 aromatic carbocycles. The van der Waals surface area contributed by atoms with Crippen molar-refractivity contribution in [2.75, 3.05) is 20.2 Å². The molecule has 108 valence electrons. The first-order valence-corrected chi connectivity index (χ1v) is 7.89. The summed E-state index contributed by atoms with van der Waals surface area (Å²) in [5, 5.41) is -0.511. The Balaban J connectivity index is 2.49. The van der Waals surface area contributed by atoms with E-state index in [1.165, 1.54) is 0 Å². The zero-order valence-electron chi connectivity index (χ0n) is 11.4. The van der Waals surface area contributed by atoms with Crippen LogP contribution in [0.2, 0.25) is 0 Å². The normalized spacial score (nSPS) is 13.2. The molecular weight excluding hydrogens is 264 g/mol. The zero-order chi connectivity index (χ0) is 14.3. The molecule has 19 heavy (non-hydrogen) atoms. The molecule has 0 fully saturated rings. The van der Waals surface area contributed by atoms with E-state index in [-0.39, 0.29) is 6.54 Å². The van der Waals surface area contributed by atoms with Gasteiger partial charge in [-0.05, 0) is 30.5 Å². The van der Waals surface area contributed by atoms with E-state index in [0.717, 1.165) is 11.3 Å². The van der Waals surface area contributed by atoms with Crippen molar-refractivity contribution in [2.24, 2.45) is 5.73 Å². The van der Waals surface area contributed by atoms with Crippen LogP contribution in [0.4, 0.5) is 0 Å². The molecule has 0 aliphatic carbocycles. The summed E-state index contributed by atoms with van der Waals surface area (Å²) in [6, 6.07) is 7.57. The Kier molecular flexibility index (Phi) is 6.27. The third kappa shape index (κ3) is 4.81. The Labute approximate surface area is 115 Å². The van der Waals surface area contributed by atoms with Crippen molar-refractivity contribution in [2.45, 2.75) is 25.0 Å². The zero-order valence-corrected chi connectivity index (χ0v) is 12.2. The van der Waals surface area contributed by atoms with Gasteiger partial charge in [0.2, 0.25) is 10.0 Å². The lowest BCUT2D eigenvalue weighted by Gasteiger charge is -2.14. The predicted molar refractivity (Wildman–Crippen MR) is 76.8 cm³/mol. The van der Waals surface area contributed by atoms with Gasteiger partial charge in [-0.3, -0.25) is 0 Å². The quantitative estimate of drug-likeness (QED) is 0.744. The lowest BCUT2D eigenvalue weighted by Crippen LogP contribution is -2.39. The SMILES string of the molecule is CCC(CN)S(=O)(=O)NCCc1ccc(OC)cc1. The monoisotopic (exact) mass is 286 g/mol. The lowest BCUT2D eigenvalue weighted by atomic mass is 10.1. The first kappa shape index (κ1) is 15.9. The van der Waals surface area contributed by atoms with Crippen LogP contribution in [0.5, 0.6) is 5.75 Å². The van der Waals surface area contributed by atoms with Crippen molar-refractivity contribution >= 4 is 10.0 Å². The largest absolute Gasteiger partial charge is 0.497 e. The van der Waals surface area contributed by atoms with E-state index in [0.29, 0.717) is 19.4 Å². The van der Waals surface area contributed by atoms with E-state index in [9.17, 15) is 8.42 Å². The molecule has 0 saturated heterocycles. The van der Waals surface area contributed by atoms with E-state index < -0.39 is 15.3 Å². The van der Waals surface area contributed by atoms with E-state index in [2.05, 4.69) is 4.72 Å². The third-order valence-corrected chi connectivity index (χ3v) is 5.04. The molecule has 1 rings (SSSR count). The van der Waals surface area contributed by atoms with Gasteiger partial charge in [-0.25, -0.2) is 13.1 Å². The van der Waals surface area contributed by atoms with Crippen molar-refractivity contribution in [3.05, 3.63) is 29.8 Å². The highest BCUT2D eigenvalue weighted by atomic mass is 32.2. The summed E-state index contributed by atoms with van der Waals surface area (Å²) in [5.41, 5.74) is 6.51. The second-order valence-electron chi connectivity index (χ2n) is 4.30. The van der Waals surface area contributed by atoms with Gasteiger partial charge < -0.3 is 10.5 Å². The molecule has 0 aliphatic heterocycles. The maximum Gasteiger partial charge on any atom is 0.215 e. The fraction of sp³-hybridized carbons (Fsp3) is 0.538. The number of sulfonamides is 1. The number of ether oxygens (including phenoxy) is 1. The van der Waals surface area contributed by atoms with Crippen LogP contribution in [0.25, 0.3) is 0 Å². The van der Waals surface area contributed by atoms with Crippen molar-refractivity contribution < 1.29 is 13.2 Å². The van der Waals surface area contributed by atoms with Gasteiger partial charge in [0.25, 0.3) is 0 Å². The summed E-state index contributed by atoms with van der Waals surface area (Å²) in [7, 11) is -1.69. The minimum Gasteiger partial charge on any atom is -0.497 e. The second kappa shape index (κ2) is 7.47. The number of methoxy groups -OCH3 is 1. The number of rotatable bonds is 8. The highest BCUT2D eigenvalue weighted by molar-refractivity contribution is 7.90. The number of benzene rings is 1. The summed E-state index contributed by atoms with van der Waals surface area (Å²) in [4.78, 5) is 0. The standard InChI is InChI=1S/C13H22N2O3S/c1-3-13(10-14)19(16,17)15-9-8-11-4-6-12(18-2)7-5-11/h4-7,13,15H,3,8-10,14H2,1-2H3. The van der Waals surface area contributed by atoms with Gasteiger partial charge in [0.05, 0.1) is 12.4 Å². The van der Waals surface area contributed by atoms with Crippen LogP contribution in [0.3, 0.4) is 0 Å². The number of hydrogen-bond donors (Lipinski definition) is 2. The average Bonchev–Trinajstić information content (AvgIpc) is 2.40. The smallest absolute Gasteiger partial charge is 0.215 e. The van der Waals surface area contributed by atoms with Gasteiger partial charge in [0, 0.05) is 13.1 Å². The van der Waals surface area contributed by atoms with Crippen LogP contribution >= 0.6 is 0 Å². The summed E-state index contributed by atoms with van der Waals surface area (Å²) in [5.74, 6) is 0.790. The highest BCUT2D eigenvalue weighted by Gasteiger charge is 2.21. The Morgan fingerprint density at radius 2 is 1.95 bits per heavy atom. The highest BCUT2D eigenvalue weighted by Crippen LogP contribution is 2.11. The van der Waals surface area contributed by atoms with Gasteiger partial charge in [-0.15, -0.1) is 0 Å². The molecule has 0 radical (unpaired) electrons. The molecular formula is C13H22N2O3S. The minimum absolute atomic E-state index is 0.147. The van der Waals surface area contributed by atoms with Crippen molar-refractivity contribution in [3.8, 4) is 5.75 Å². The number of nitrogens with two attached hydrogens (primary N) is 1. The minimum atomic E-state index is -3.31. The molecule has 1 aromatic rings. The molecule has 0 bridgehead atoms. The summed E-state index contributed by atoms with van der Waals surface area (Å²) < 4.78 is 31.4. The maximum atomic E-state index is 11.9. The average molecular weight is 286 g/mol. The van der Waals surface area contributed by atoms with Gasteiger partial charge in [-0.2, -0.15) is 0 Å². The fourth-order valence-electron chi connectivity index (χ4n) is 1.76. The van der Waals surface area contributed by atoms with Crippen LogP contribution in [-0.2, 0) is 16.4 Å². The maximum absolute atomic E-state index is 11.9. The molecule has 1 atom stereocenters. The number of hydrogen-bond acceptors (Lipinski definition) is 4.